The summed E-state index contributed by atoms with van der Waals surface area (Å²) in [5.74, 6) is 0. The molecule has 0 aliphatic carbocycles. The van der Waals surface area contributed by atoms with E-state index in [-0.39, 0.29) is 0 Å². The fourth-order valence-electron chi connectivity index (χ4n) is 0.0373. The van der Waals surface area contributed by atoms with Crippen LogP contribution in [0.15, 0.2) is 4.99 Å². The van der Waals surface area contributed by atoms with Crippen LogP contribution in [0.1, 0.15) is 0 Å². The molecule has 3 heteroatoms. The second-order valence-electron chi connectivity index (χ2n) is 0.432. The molecule has 1 unspecified atom stereocenters. The van der Waals surface area contributed by atoms with Gasteiger partial charge in [-0.15, -0.1) is 9.24 Å². The molecule has 1 atom stereocenters. The summed E-state index contributed by atoms with van der Waals surface area (Å²) in [4.78, 5) is 3.50. The van der Waals surface area contributed by atoms with Gasteiger partial charge in [0.15, 0.2) is 0 Å². The Morgan fingerprint density at radius 1 is 2.00 bits per heavy atom. The highest BCUT2D eigenvalue weighted by Crippen LogP contribution is 1.74. The second-order valence-corrected chi connectivity index (χ2v) is 0.980. The van der Waals surface area contributed by atoms with Gasteiger partial charge in [0.25, 0.3) is 0 Å². The van der Waals surface area contributed by atoms with E-state index < -0.39 is 0 Å². The van der Waals surface area contributed by atoms with Gasteiger partial charge >= 0.3 is 0 Å². The van der Waals surface area contributed by atoms with Crippen molar-refractivity contribution in [3.05, 3.63) is 0 Å². The molecular formula is C2H4NPS. The minimum Gasteiger partial charge on any atom is -0.228 e. The van der Waals surface area contributed by atoms with E-state index >= 15 is 0 Å². The van der Waals surface area contributed by atoms with E-state index in [1.54, 1.807) is 0 Å². The summed E-state index contributed by atoms with van der Waals surface area (Å²) in [5.41, 5.74) is 0. The van der Waals surface area contributed by atoms with Crippen molar-refractivity contribution in [1.82, 2.24) is 0 Å². The quantitative estimate of drug-likeness (QED) is 0.274. The lowest BCUT2D eigenvalue weighted by atomic mass is 11.4. The van der Waals surface area contributed by atoms with Crippen molar-refractivity contribution in [3.63, 3.8) is 0 Å². The maximum Gasteiger partial charge on any atom is 0.0631 e. The number of hydrogen-bond acceptors (Lipinski definition) is 2. The third-order valence-electron chi connectivity index (χ3n) is 0.156. The van der Waals surface area contributed by atoms with Gasteiger partial charge in [0, 0.05) is 0 Å². The molecule has 0 bridgehead atoms. The van der Waals surface area contributed by atoms with Gasteiger partial charge in [-0.2, -0.15) is 0 Å². The molecule has 0 fully saturated rings. The van der Waals surface area contributed by atoms with Gasteiger partial charge in [0.05, 0.1) is 11.4 Å². The highest BCUT2D eigenvalue weighted by atomic mass is 32.1. The smallest absolute Gasteiger partial charge is 0.0631 e. The molecule has 0 spiro atoms. The minimum absolute atomic E-state index is 0.670. The zero-order valence-electron chi connectivity index (χ0n) is 2.64. The van der Waals surface area contributed by atoms with E-state index in [0.29, 0.717) is 6.29 Å². The fourth-order valence-corrected chi connectivity index (χ4v) is 0.335. The molecule has 28 valence electrons. The van der Waals surface area contributed by atoms with Crippen molar-refractivity contribution >= 4 is 26.6 Å². The first kappa shape index (κ1) is 5.23. The Morgan fingerprint density at radius 2 is 2.60 bits per heavy atom. The molecule has 0 saturated carbocycles. The predicted octanol–water partition coefficient (Wildman–Crippen LogP) is 0.922. The van der Waals surface area contributed by atoms with Crippen LogP contribution in [0, 0.1) is 0 Å². The molecule has 0 N–H and O–H groups in total. The standard InChI is InChI=1S/C2H4NPS/c4-1-3-2-5/h1,4H2. The van der Waals surface area contributed by atoms with Crippen LogP contribution in [0.2, 0.25) is 0 Å². The number of nitrogens with zero attached hydrogens (tertiary/aromatic N) is 1. The number of aliphatic imine (C=N–C) groups is 1. The van der Waals surface area contributed by atoms with E-state index in [1.807, 2.05) is 0 Å². The zero-order chi connectivity index (χ0) is 4.12. The molecule has 1 nitrogen and oxygen atoms in total. The van der Waals surface area contributed by atoms with E-state index in [4.69, 9.17) is 0 Å². The van der Waals surface area contributed by atoms with E-state index in [9.17, 15) is 0 Å². The van der Waals surface area contributed by atoms with Crippen LogP contribution in [0.4, 0.5) is 0 Å². The summed E-state index contributed by atoms with van der Waals surface area (Å²) in [6.07, 6.45) is 0.670. The van der Waals surface area contributed by atoms with Crippen LogP contribution < -0.4 is 0 Å². The van der Waals surface area contributed by atoms with Gasteiger partial charge in [0.2, 0.25) is 0 Å². The molecule has 0 aromatic rings. The van der Waals surface area contributed by atoms with Crippen molar-refractivity contribution in [1.29, 1.82) is 0 Å². The average Bonchev–Trinajstić information content (AvgIpc) is 1.41. The Hall–Kier alpha value is 0.230. The Labute approximate surface area is 38.7 Å². The van der Waals surface area contributed by atoms with Crippen LogP contribution >= 0.6 is 21.5 Å². The molecule has 5 heavy (non-hydrogen) atoms. The first-order valence-corrected chi connectivity index (χ1v) is 2.38. The van der Waals surface area contributed by atoms with Crippen molar-refractivity contribution in [2.45, 2.75) is 0 Å². The van der Waals surface area contributed by atoms with Crippen molar-refractivity contribution in [2.24, 2.45) is 4.99 Å². The lowest BCUT2D eigenvalue weighted by molar-refractivity contribution is 1.42. The fraction of sp³-hybridized carbons (Fsp3) is 0.500. The second kappa shape index (κ2) is 4.23. The summed E-state index contributed by atoms with van der Waals surface area (Å²) in [5, 5.41) is 2.20. The lowest BCUT2D eigenvalue weighted by Gasteiger charge is -1.60. The van der Waals surface area contributed by atoms with Crippen LogP contribution in [0.25, 0.3) is 0 Å². The molecular weight excluding hydrogens is 101 g/mol. The highest BCUT2D eigenvalue weighted by Gasteiger charge is 1.49. The Kier molecular flexibility index (Phi) is 4.42. The van der Waals surface area contributed by atoms with Crippen LogP contribution in [0.5, 0.6) is 0 Å². The van der Waals surface area contributed by atoms with Gasteiger partial charge in [-0.1, -0.05) is 0 Å². The highest BCUT2D eigenvalue weighted by molar-refractivity contribution is 7.78. The van der Waals surface area contributed by atoms with Crippen molar-refractivity contribution < 1.29 is 0 Å². The summed E-state index contributed by atoms with van der Waals surface area (Å²) in [6.45, 7) is 0. The van der Waals surface area contributed by atoms with Crippen LogP contribution in [0.3, 0.4) is 0 Å². The topological polar surface area (TPSA) is 12.4 Å². The summed E-state index contributed by atoms with van der Waals surface area (Å²) in [7, 11) is 2.40. The van der Waals surface area contributed by atoms with Gasteiger partial charge in [-0.3, -0.25) is 0 Å². The number of thiocarbonyl (C=S) groups is 1. The van der Waals surface area contributed by atoms with E-state index in [0.717, 1.165) is 0 Å². The molecule has 0 aliphatic heterocycles. The summed E-state index contributed by atoms with van der Waals surface area (Å²) < 4.78 is 0. The molecule has 0 rings (SSSR count). The molecule has 0 amide bonds. The summed E-state index contributed by atoms with van der Waals surface area (Å²) >= 11 is 4.22. The molecule has 0 aromatic heterocycles. The largest absolute Gasteiger partial charge is 0.228 e. The third-order valence-corrected chi connectivity index (χ3v) is 0.468. The van der Waals surface area contributed by atoms with Gasteiger partial charge in [-0.05, 0) is 12.2 Å². The molecule has 0 aliphatic rings. The molecule has 0 radical (unpaired) electrons. The third kappa shape index (κ3) is 4.23. The predicted molar refractivity (Wildman–Crippen MR) is 29.6 cm³/mol. The minimum atomic E-state index is 0.670. The normalized spacial score (nSPS) is 5.80. The zero-order valence-corrected chi connectivity index (χ0v) is 4.61. The molecule has 0 saturated heterocycles. The maximum atomic E-state index is 4.22. The van der Waals surface area contributed by atoms with Crippen molar-refractivity contribution in [2.75, 3.05) is 6.29 Å². The van der Waals surface area contributed by atoms with Crippen LogP contribution in [-0.2, 0) is 0 Å². The SMILES string of the molecule is PCN=C=S. The van der Waals surface area contributed by atoms with Gasteiger partial charge in [-0.25, -0.2) is 4.99 Å². The van der Waals surface area contributed by atoms with Gasteiger partial charge < -0.3 is 0 Å². The number of isothiocyanates is 1. The Balaban J connectivity index is 2.93. The monoisotopic (exact) mass is 105 g/mol. The number of hydrogen-bond donors (Lipinski definition) is 0. The van der Waals surface area contributed by atoms with E-state index in [1.165, 1.54) is 0 Å². The lowest BCUT2D eigenvalue weighted by Crippen LogP contribution is -1.49. The van der Waals surface area contributed by atoms with Gasteiger partial charge in [0.1, 0.15) is 0 Å². The Morgan fingerprint density at radius 3 is 2.60 bits per heavy atom. The maximum absolute atomic E-state index is 4.22. The van der Waals surface area contributed by atoms with Crippen LogP contribution in [-0.4, -0.2) is 11.4 Å². The first-order valence-electron chi connectivity index (χ1n) is 1.15. The molecule has 0 heterocycles. The Bertz CT molecular complexity index is 56.7. The molecule has 0 aromatic carbocycles. The summed E-state index contributed by atoms with van der Waals surface area (Å²) in [6, 6.07) is 0. The van der Waals surface area contributed by atoms with E-state index in [2.05, 4.69) is 31.6 Å². The average molecular weight is 105 g/mol. The first-order chi connectivity index (χ1) is 2.41. The number of rotatable bonds is 1. The van der Waals surface area contributed by atoms with Crippen molar-refractivity contribution in [3.8, 4) is 0 Å².